The lowest BCUT2D eigenvalue weighted by Crippen LogP contribution is -2.19. The maximum absolute atomic E-state index is 5.63. The van der Waals surface area contributed by atoms with E-state index < -0.39 is 0 Å². The van der Waals surface area contributed by atoms with Crippen molar-refractivity contribution in [3.8, 4) is 0 Å². The third kappa shape index (κ3) is 2.80. The fourth-order valence-electron chi connectivity index (χ4n) is 2.67. The van der Waals surface area contributed by atoms with E-state index in [9.17, 15) is 0 Å². The van der Waals surface area contributed by atoms with Crippen LogP contribution in [0.5, 0.6) is 0 Å². The molecule has 0 aliphatic heterocycles. The topological polar surface area (TPSA) is 50.9 Å². The van der Waals surface area contributed by atoms with Crippen LogP contribution in [-0.2, 0) is 0 Å². The highest BCUT2D eigenvalue weighted by molar-refractivity contribution is 7.80. The lowest BCUT2D eigenvalue weighted by atomic mass is 9.98. The smallest absolute Gasteiger partial charge is 0.126 e. The number of nitrogens with two attached hydrogens (primary N) is 1. The second-order valence-corrected chi connectivity index (χ2v) is 5.95. The molecule has 4 heteroatoms. The number of nitrogens with zero attached hydrogens (tertiary/aromatic N) is 1. The van der Waals surface area contributed by atoms with Crippen LogP contribution in [0, 0.1) is 17.8 Å². The van der Waals surface area contributed by atoms with Gasteiger partial charge in [0.25, 0.3) is 0 Å². The first kappa shape index (κ1) is 11.9. The number of pyridine rings is 1. The van der Waals surface area contributed by atoms with E-state index in [1.54, 1.807) is 6.20 Å². The fourth-order valence-corrected chi connectivity index (χ4v) is 2.80. The Morgan fingerprint density at radius 3 is 2.61 bits per heavy atom. The Bertz CT molecular complexity index is 440. The van der Waals surface area contributed by atoms with Crippen LogP contribution in [0.25, 0.3) is 0 Å². The zero-order valence-corrected chi connectivity index (χ0v) is 11.2. The molecule has 0 amide bonds. The van der Waals surface area contributed by atoms with Gasteiger partial charge in [0.15, 0.2) is 0 Å². The van der Waals surface area contributed by atoms with Crippen molar-refractivity contribution in [3.63, 3.8) is 0 Å². The summed E-state index contributed by atoms with van der Waals surface area (Å²) in [6, 6.07) is 3.80. The van der Waals surface area contributed by atoms with Crippen molar-refractivity contribution in [3.05, 3.63) is 23.9 Å². The summed E-state index contributed by atoms with van der Waals surface area (Å²) in [5.41, 5.74) is 6.52. The molecule has 3 N–H and O–H groups in total. The minimum absolute atomic E-state index is 0.432. The lowest BCUT2D eigenvalue weighted by Gasteiger charge is -2.16. The summed E-state index contributed by atoms with van der Waals surface area (Å²) in [4.78, 5) is 4.76. The molecular weight excluding hydrogens is 242 g/mol. The highest BCUT2D eigenvalue weighted by atomic mass is 32.1. The van der Waals surface area contributed by atoms with Crippen molar-refractivity contribution in [1.82, 2.24) is 4.98 Å². The minimum atomic E-state index is 0.432. The zero-order chi connectivity index (χ0) is 12.5. The second-order valence-electron chi connectivity index (χ2n) is 5.51. The molecule has 18 heavy (non-hydrogen) atoms. The van der Waals surface area contributed by atoms with Gasteiger partial charge in [0.1, 0.15) is 10.8 Å². The Morgan fingerprint density at radius 1 is 1.39 bits per heavy atom. The van der Waals surface area contributed by atoms with E-state index in [4.69, 9.17) is 18.0 Å². The van der Waals surface area contributed by atoms with E-state index in [1.165, 1.54) is 25.7 Å². The first-order valence-corrected chi connectivity index (χ1v) is 7.14. The Balaban J connectivity index is 1.61. The van der Waals surface area contributed by atoms with Crippen LogP contribution in [0.4, 0.5) is 5.82 Å². The van der Waals surface area contributed by atoms with Crippen LogP contribution in [0.3, 0.4) is 0 Å². The number of anilines is 1. The standard InChI is InChI=1S/C14H19N3S/c15-14(18)11-5-6-16-13(7-11)17-8-12(9-1-2-9)10-3-4-10/h5-7,9-10,12H,1-4,8H2,(H2,15,18)(H,16,17). The molecule has 3 rings (SSSR count). The van der Waals surface area contributed by atoms with Crippen LogP contribution >= 0.6 is 12.2 Å². The summed E-state index contributed by atoms with van der Waals surface area (Å²) in [5, 5.41) is 3.46. The van der Waals surface area contributed by atoms with E-state index in [0.717, 1.165) is 35.7 Å². The summed E-state index contributed by atoms with van der Waals surface area (Å²) in [7, 11) is 0. The first-order chi connectivity index (χ1) is 8.74. The van der Waals surface area contributed by atoms with Crippen LogP contribution in [-0.4, -0.2) is 16.5 Å². The zero-order valence-electron chi connectivity index (χ0n) is 10.4. The van der Waals surface area contributed by atoms with Gasteiger partial charge in [-0.3, -0.25) is 0 Å². The second kappa shape index (κ2) is 4.84. The Hall–Kier alpha value is -1.16. The van der Waals surface area contributed by atoms with Crippen molar-refractivity contribution < 1.29 is 0 Å². The number of hydrogen-bond donors (Lipinski definition) is 2. The summed E-state index contributed by atoms with van der Waals surface area (Å²) >= 11 is 4.98. The molecule has 1 heterocycles. The molecule has 0 saturated heterocycles. The molecule has 0 atom stereocenters. The molecule has 96 valence electrons. The Labute approximate surface area is 113 Å². The van der Waals surface area contributed by atoms with Crippen molar-refractivity contribution >= 4 is 23.0 Å². The molecule has 2 fully saturated rings. The molecule has 1 aromatic rings. The molecule has 2 aliphatic carbocycles. The van der Waals surface area contributed by atoms with Crippen molar-refractivity contribution in [1.29, 1.82) is 0 Å². The van der Waals surface area contributed by atoms with E-state index in [0.29, 0.717) is 4.99 Å². The molecule has 0 unspecified atom stereocenters. The van der Waals surface area contributed by atoms with E-state index >= 15 is 0 Å². The summed E-state index contributed by atoms with van der Waals surface area (Å²) in [5.74, 6) is 3.67. The van der Waals surface area contributed by atoms with Crippen molar-refractivity contribution in [2.24, 2.45) is 23.5 Å². The van der Waals surface area contributed by atoms with Crippen LogP contribution in [0.15, 0.2) is 18.3 Å². The van der Waals surface area contributed by atoms with Gasteiger partial charge in [0, 0.05) is 18.3 Å². The summed E-state index contributed by atoms with van der Waals surface area (Å²) < 4.78 is 0. The summed E-state index contributed by atoms with van der Waals surface area (Å²) in [6.07, 6.45) is 7.44. The van der Waals surface area contributed by atoms with Gasteiger partial charge in [-0.05, 0) is 55.6 Å². The normalized spacial score (nSPS) is 18.9. The highest BCUT2D eigenvalue weighted by Crippen LogP contribution is 2.49. The molecule has 0 spiro atoms. The van der Waals surface area contributed by atoms with Gasteiger partial charge in [-0.15, -0.1) is 0 Å². The van der Waals surface area contributed by atoms with Crippen LogP contribution in [0.1, 0.15) is 31.2 Å². The van der Waals surface area contributed by atoms with Crippen LogP contribution < -0.4 is 11.1 Å². The number of aromatic nitrogens is 1. The predicted octanol–water partition coefficient (Wildman–Crippen LogP) is 2.56. The van der Waals surface area contributed by atoms with Gasteiger partial charge in [0.05, 0.1) is 0 Å². The third-order valence-corrected chi connectivity index (χ3v) is 4.25. The molecule has 1 aromatic heterocycles. The minimum Gasteiger partial charge on any atom is -0.389 e. The van der Waals surface area contributed by atoms with Gasteiger partial charge in [-0.1, -0.05) is 12.2 Å². The van der Waals surface area contributed by atoms with Gasteiger partial charge >= 0.3 is 0 Å². The predicted molar refractivity (Wildman–Crippen MR) is 77.6 cm³/mol. The SMILES string of the molecule is NC(=S)c1ccnc(NCC(C2CC2)C2CC2)c1. The number of nitrogens with one attached hydrogen (secondary N) is 1. The van der Waals surface area contributed by atoms with E-state index in [2.05, 4.69) is 10.3 Å². The molecule has 2 aliphatic rings. The van der Waals surface area contributed by atoms with Gasteiger partial charge in [0.2, 0.25) is 0 Å². The first-order valence-electron chi connectivity index (χ1n) is 6.74. The van der Waals surface area contributed by atoms with Crippen molar-refractivity contribution in [2.75, 3.05) is 11.9 Å². The highest BCUT2D eigenvalue weighted by Gasteiger charge is 2.40. The van der Waals surface area contributed by atoms with E-state index in [-0.39, 0.29) is 0 Å². The lowest BCUT2D eigenvalue weighted by molar-refractivity contribution is 0.427. The maximum atomic E-state index is 5.63. The molecular formula is C14H19N3S. The van der Waals surface area contributed by atoms with Gasteiger partial charge < -0.3 is 11.1 Å². The van der Waals surface area contributed by atoms with Crippen molar-refractivity contribution in [2.45, 2.75) is 25.7 Å². The third-order valence-electron chi connectivity index (χ3n) is 4.02. The fraction of sp³-hybridized carbons (Fsp3) is 0.571. The van der Waals surface area contributed by atoms with E-state index in [1.807, 2.05) is 12.1 Å². The molecule has 3 nitrogen and oxygen atoms in total. The molecule has 0 bridgehead atoms. The quantitative estimate of drug-likeness (QED) is 0.773. The molecule has 0 aromatic carbocycles. The van der Waals surface area contributed by atoms with Crippen LogP contribution in [0.2, 0.25) is 0 Å². The molecule has 2 saturated carbocycles. The van der Waals surface area contributed by atoms with Gasteiger partial charge in [-0.2, -0.15) is 0 Å². The number of rotatable bonds is 6. The largest absolute Gasteiger partial charge is 0.389 e. The maximum Gasteiger partial charge on any atom is 0.126 e. The van der Waals surface area contributed by atoms with Gasteiger partial charge in [-0.25, -0.2) is 4.98 Å². The average molecular weight is 261 g/mol. The number of thiocarbonyl (C=S) groups is 1. The monoisotopic (exact) mass is 261 g/mol. The Morgan fingerprint density at radius 2 is 2.06 bits per heavy atom. The number of hydrogen-bond acceptors (Lipinski definition) is 3. The molecule has 0 radical (unpaired) electrons. The average Bonchev–Trinajstić information content (AvgIpc) is 3.23. The Kier molecular flexibility index (Phi) is 3.20. The summed E-state index contributed by atoms with van der Waals surface area (Å²) in [6.45, 7) is 1.04.